The normalized spacial score (nSPS) is 21.4. The highest BCUT2D eigenvalue weighted by molar-refractivity contribution is 7.89. The predicted molar refractivity (Wildman–Crippen MR) is 87.6 cm³/mol. The largest absolute Gasteiger partial charge is 0.486 e. The minimum Gasteiger partial charge on any atom is -0.486 e. The molecule has 0 aliphatic carbocycles. The van der Waals surface area contributed by atoms with Crippen molar-refractivity contribution in [3.8, 4) is 11.5 Å². The molecule has 130 valence electrons. The van der Waals surface area contributed by atoms with Gasteiger partial charge in [-0.2, -0.15) is 4.31 Å². The van der Waals surface area contributed by atoms with Gasteiger partial charge in [0.25, 0.3) is 0 Å². The lowest BCUT2D eigenvalue weighted by atomic mass is 10.2. The van der Waals surface area contributed by atoms with Crippen molar-refractivity contribution in [1.82, 2.24) is 9.21 Å². The second-order valence-corrected chi connectivity index (χ2v) is 7.65. The van der Waals surface area contributed by atoms with Gasteiger partial charge in [0.2, 0.25) is 15.9 Å². The lowest BCUT2D eigenvalue weighted by molar-refractivity contribution is -0.127. The molecule has 0 radical (unpaired) electrons. The van der Waals surface area contributed by atoms with Crippen molar-refractivity contribution in [2.24, 2.45) is 0 Å². The number of fused-ring (bicyclic) bond motifs is 1. The Morgan fingerprint density at radius 2 is 1.96 bits per heavy atom. The summed E-state index contributed by atoms with van der Waals surface area (Å²) < 4.78 is 38.2. The van der Waals surface area contributed by atoms with Crippen LogP contribution in [0.3, 0.4) is 0 Å². The summed E-state index contributed by atoms with van der Waals surface area (Å²) in [6.07, 6.45) is 1.25. The van der Waals surface area contributed by atoms with E-state index in [0.717, 1.165) is 0 Å². The molecular formula is C16H20N2O5S. The quantitative estimate of drug-likeness (QED) is 0.755. The highest BCUT2D eigenvalue weighted by atomic mass is 32.2. The first kappa shape index (κ1) is 16.8. The summed E-state index contributed by atoms with van der Waals surface area (Å²) in [5.74, 6) is 0.809. The first-order valence-electron chi connectivity index (χ1n) is 7.76. The minimum atomic E-state index is -3.67. The van der Waals surface area contributed by atoms with Crippen LogP contribution in [0.5, 0.6) is 11.5 Å². The molecule has 2 aliphatic rings. The summed E-state index contributed by atoms with van der Waals surface area (Å²) >= 11 is 0. The summed E-state index contributed by atoms with van der Waals surface area (Å²) in [7, 11) is -3.67. The molecule has 1 aromatic rings. The third-order valence-electron chi connectivity index (χ3n) is 4.17. The van der Waals surface area contributed by atoms with Gasteiger partial charge in [0, 0.05) is 31.7 Å². The van der Waals surface area contributed by atoms with Gasteiger partial charge in [-0.15, -0.1) is 0 Å². The molecule has 0 aromatic heterocycles. The van der Waals surface area contributed by atoms with Crippen LogP contribution in [0.4, 0.5) is 0 Å². The van der Waals surface area contributed by atoms with Crippen LogP contribution < -0.4 is 9.47 Å². The van der Waals surface area contributed by atoms with Crippen molar-refractivity contribution >= 4 is 15.9 Å². The second kappa shape index (κ2) is 6.45. The van der Waals surface area contributed by atoms with E-state index in [1.54, 1.807) is 17.9 Å². The van der Waals surface area contributed by atoms with E-state index in [-0.39, 0.29) is 23.4 Å². The van der Waals surface area contributed by atoms with Gasteiger partial charge in [0.15, 0.2) is 11.5 Å². The van der Waals surface area contributed by atoms with Crippen molar-refractivity contribution in [2.75, 3.05) is 32.8 Å². The third-order valence-corrected chi connectivity index (χ3v) is 6.18. The SMILES string of the molecule is C=CC(=O)N1CCN(S(=O)(=O)c2ccc3c(c2)OCCO3)[C@@H](C)C1. The molecule has 2 heterocycles. The smallest absolute Gasteiger partial charge is 0.246 e. The van der Waals surface area contributed by atoms with Crippen molar-refractivity contribution in [3.63, 3.8) is 0 Å². The average molecular weight is 352 g/mol. The number of hydrogen-bond donors (Lipinski definition) is 0. The van der Waals surface area contributed by atoms with Crippen molar-refractivity contribution in [2.45, 2.75) is 17.9 Å². The van der Waals surface area contributed by atoms with E-state index >= 15 is 0 Å². The Morgan fingerprint density at radius 1 is 1.25 bits per heavy atom. The Bertz CT molecular complexity index is 762. The van der Waals surface area contributed by atoms with Crippen LogP contribution in [0.25, 0.3) is 0 Å². The molecule has 0 unspecified atom stereocenters. The molecule has 1 aromatic carbocycles. The first-order valence-corrected chi connectivity index (χ1v) is 9.20. The van der Waals surface area contributed by atoms with E-state index in [9.17, 15) is 13.2 Å². The minimum absolute atomic E-state index is 0.169. The zero-order chi connectivity index (χ0) is 17.3. The van der Waals surface area contributed by atoms with Gasteiger partial charge in [0.05, 0.1) is 4.90 Å². The molecule has 8 heteroatoms. The fourth-order valence-electron chi connectivity index (χ4n) is 2.95. The third kappa shape index (κ3) is 2.99. The number of nitrogens with zero attached hydrogens (tertiary/aromatic N) is 2. The standard InChI is InChI=1S/C16H20N2O5S/c1-3-16(19)17-6-7-18(12(2)11-17)24(20,21)13-4-5-14-15(10-13)23-9-8-22-14/h3-5,10,12H,1,6-9,11H2,2H3/t12-/m0/s1. The van der Waals surface area contributed by atoms with Crippen LogP contribution >= 0.6 is 0 Å². The number of amides is 1. The van der Waals surface area contributed by atoms with Crippen molar-refractivity contribution < 1.29 is 22.7 Å². The van der Waals surface area contributed by atoms with Crippen LogP contribution in [0, 0.1) is 0 Å². The summed E-state index contributed by atoms with van der Waals surface area (Å²) in [6, 6.07) is 4.32. The van der Waals surface area contributed by atoms with E-state index in [1.165, 1.54) is 22.5 Å². The monoisotopic (exact) mass is 352 g/mol. The molecule has 0 saturated carbocycles. The summed E-state index contributed by atoms with van der Waals surface area (Å²) in [6.45, 7) is 7.05. The topological polar surface area (TPSA) is 76.2 Å². The lowest BCUT2D eigenvalue weighted by Gasteiger charge is -2.38. The summed E-state index contributed by atoms with van der Waals surface area (Å²) in [5.41, 5.74) is 0. The Kier molecular flexibility index (Phi) is 4.51. The fourth-order valence-corrected chi connectivity index (χ4v) is 4.58. The van der Waals surface area contributed by atoms with Gasteiger partial charge in [-0.05, 0) is 25.1 Å². The van der Waals surface area contributed by atoms with Gasteiger partial charge < -0.3 is 14.4 Å². The molecule has 1 saturated heterocycles. The molecular weight excluding hydrogens is 332 g/mol. The number of hydrogen-bond acceptors (Lipinski definition) is 5. The maximum absolute atomic E-state index is 12.9. The fraction of sp³-hybridized carbons (Fsp3) is 0.438. The number of ether oxygens (including phenoxy) is 2. The van der Waals surface area contributed by atoms with E-state index < -0.39 is 10.0 Å². The number of benzene rings is 1. The molecule has 0 spiro atoms. The molecule has 2 aliphatic heterocycles. The maximum Gasteiger partial charge on any atom is 0.246 e. The van der Waals surface area contributed by atoms with Crippen LogP contribution in [-0.2, 0) is 14.8 Å². The maximum atomic E-state index is 12.9. The van der Waals surface area contributed by atoms with Gasteiger partial charge >= 0.3 is 0 Å². The second-order valence-electron chi connectivity index (χ2n) is 5.76. The number of sulfonamides is 1. The summed E-state index contributed by atoms with van der Waals surface area (Å²) in [5, 5.41) is 0. The van der Waals surface area contributed by atoms with Gasteiger partial charge in [-0.1, -0.05) is 6.58 Å². The Morgan fingerprint density at radius 3 is 2.62 bits per heavy atom. The molecule has 1 amide bonds. The van der Waals surface area contributed by atoms with E-state index in [2.05, 4.69) is 6.58 Å². The highest BCUT2D eigenvalue weighted by Crippen LogP contribution is 2.33. The first-order chi connectivity index (χ1) is 11.4. The lowest BCUT2D eigenvalue weighted by Crippen LogP contribution is -2.55. The average Bonchev–Trinajstić information content (AvgIpc) is 2.60. The van der Waals surface area contributed by atoms with Crippen molar-refractivity contribution in [3.05, 3.63) is 30.9 Å². The Hall–Kier alpha value is -2.06. The zero-order valence-corrected chi connectivity index (χ0v) is 14.3. The Balaban J connectivity index is 1.83. The predicted octanol–water partition coefficient (Wildman–Crippen LogP) is 0.865. The van der Waals surface area contributed by atoms with Crippen LogP contribution in [0.15, 0.2) is 35.7 Å². The molecule has 1 atom stereocenters. The van der Waals surface area contributed by atoms with Crippen LogP contribution in [-0.4, -0.2) is 62.4 Å². The van der Waals surface area contributed by atoms with Gasteiger partial charge in [0.1, 0.15) is 13.2 Å². The van der Waals surface area contributed by atoms with Crippen LogP contribution in [0.1, 0.15) is 6.92 Å². The molecule has 7 nitrogen and oxygen atoms in total. The molecule has 0 bridgehead atoms. The molecule has 1 fully saturated rings. The van der Waals surface area contributed by atoms with Crippen molar-refractivity contribution in [1.29, 1.82) is 0 Å². The van der Waals surface area contributed by atoms with Gasteiger partial charge in [-0.3, -0.25) is 4.79 Å². The van der Waals surface area contributed by atoms with E-state index in [1.807, 2.05) is 0 Å². The van der Waals surface area contributed by atoms with E-state index in [0.29, 0.717) is 37.8 Å². The van der Waals surface area contributed by atoms with Crippen LogP contribution in [0.2, 0.25) is 0 Å². The Labute approximate surface area is 141 Å². The summed E-state index contributed by atoms with van der Waals surface area (Å²) in [4.78, 5) is 13.5. The molecule has 3 rings (SSSR count). The molecule has 0 N–H and O–H groups in total. The molecule has 24 heavy (non-hydrogen) atoms. The number of carbonyl (C=O) groups is 1. The van der Waals surface area contributed by atoms with E-state index in [4.69, 9.17) is 9.47 Å². The number of rotatable bonds is 3. The van der Waals surface area contributed by atoms with Gasteiger partial charge in [-0.25, -0.2) is 8.42 Å². The number of carbonyl (C=O) groups excluding carboxylic acids is 1. The zero-order valence-electron chi connectivity index (χ0n) is 13.5. The highest BCUT2D eigenvalue weighted by Gasteiger charge is 2.35. The number of piperazine rings is 1.